The van der Waals surface area contributed by atoms with Crippen LogP contribution in [0.4, 0.5) is 5.82 Å². The molecule has 2 rings (SSSR count). The zero-order valence-corrected chi connectivity index (χ0v) is 14.2. The van der Waals surface area contributed by atoms with E-state index in [9.17, 15) is 0 Å². The van der Waals surface area contributed by atoms with Gasteiger partial charge in [-0.05, 0) is 57.1 Å². The first-order valence-corrected chi connectivity index (χ1v) is 8.22. The third kappa shape index (κ3) is 4.83. The van der Waals surface area contributed by atoms with Crippen molar-refractivity contribution in [1.29, 1.82) is 0 Å². The van der Waals surface area contributed by atoms with Crippen LogP contribution in [0.5, 0.6) is 0 Å². The lowest BCUT2D eigenvalue weighted by atomic mass is 9.97. The van der Waals surface area contributed by atoms with E-state index in [1.807, 2.05) is 12.3 Å². The van der Waals surface area contributed by atoms with E-state index in [-0.39, 0.29) is 0 Å². The van der Waals surface area contributed by atoms with Crippen molar-refractivity contribution in [3.8, 4) is 0 Å². The summed E-state index contributed by atoms with van der Waals surface area (Å²) in [6, 6.07) is 2.03. The van der Waals surface area contributed by atoms with Gasteiger partial charge in [0, 0.05) is 26.3 Å². The first-order chi connectivity index (χ1) is 10.1. The van der Waals surface area contributed by atoms with E-state index in [4.69, 9.17) is 11.6 Å². The number of nitrogens with zero attached hydrogens (tertiary/aromatic N) is 3. The lowest BCUT2D eigenvalue weighted by molar-refractivity contribution is 0.222. The molecule has 4 nitrogen and oxygen atoms in total. The summed E-state index contributed by atoms with van der Waals surface area (Å²) in [4.78, 5) is 9.16. The van der Waals surface area contributed by atoms with Crippen LogP contribution in [0.2, 0.25) is 5.02 Å². The van der Waals surface area contributed by atoms with Gasteiger partial charge in [-0.1, -0.05) is 18.5 Å². The molecule has 1 fully saturated rings. The van der Waals surface area contributed by atoms with Crippen molar-refractivity contribution >= 4 is 17.4 Å². The van der Waals surface area contributed by atoms with Crippen LogP contribution in [0.3, 0.4) is 0 Å². The largest absolute Gasteiger partial charge is 0.358 e. The lowest BCUT2D eigenvalue weighted by Crippen LogP contribution is -2.36. The molecule has 1 aromatic heterocycles. The zero-order valence-electron chi connectivity index (χ0n) is 13.4. The second-order valence-electron chi connectivity index (χ2n) is 6.06. The summed E-state index contributed by atoms with van der Waals surface area (Å²) in [6.07, 6.45) is 4.45. The smallest absolute Gasteiger partial charge is 0.147 e. The number of pyridine rings is 1. The van der Waals surface area contributed by atoms with Gasteiger partial charge in [-0.15, -0.1) is 0 Å². The van der Waals surface area contributed by atoms with Crippen LogP contribution in [0.1, 0.15) is 25.3 Å². The average Bonchev–Trinajstić information content (AvgIpc) is 2.47. The number of halogens is 1. The SMILES string of the molecule is CCNCc1cnc(N(C)CC2CCN(C)CC2)c(Cl)c1. The highest BCUT2D eigenvalue weighted by Gasteiger charge is 2.19. The maximum Gasteiger partial charge on any atom is 0.147 e. The minimum Gasteiger partial charge on any atom is -0.358 e. The number of anilines is 1. The normalized spacial score (nSPS) is 17.1. The second-order valence-corrected chi connectivity index (χ2v) is 6.46. The van der Waals surface area contributed by atoms with Crippen LogP contribution in [0, 0.1) is 5.92 Å². The number of likely N-dealkylation sites (tertiary alicyclic amines) is 1. The Morgan fingerprint density at radius 3 is 2.76 bits per heavy atom. The molecule has 0 spiro atoms. The Kier molecular flexibility index (Phi) is 6.27. The molecule has 2 heterocycles. The highest BCUT2D eigenvalue weighted by Crippen LogP contribution is 2.25. The van der Waals surface area contributed by atoms with Crippen molar-refractivity contribution in [3.05, 3.63) is 22.8 Å². The van der Waals surface area contributed by atoms with Crippen molar-refractivity contribution in [1.82, 2.24) is 15.2 Å². The van der Waals surface area contributed by atoms with Gasteiger partial charge in [0.1, 0.15) is 5.82 Å². The predicted octanol–water partition coefficient (Wildman–Crippen LogP) is 2.62. The molecule has 0 aliphatic carbocycles. The first-order valence-electron chi connectivity index (χ1n) is 7.85. The summed E-state index contributed by atoms with van der Waals surface area (Å²) in [5.41, 5.74) is 1.14. The van der Waals surface area contributed by atoms with Gasteiger partial charge >= 0.3 is 0 Å². The molecule has 118 valence electrons. The Balaban J connectivity index is 1.94. The highest BCUT2D eigenvalue weighted by molar-refractivity contribution is 6.33. The van der Waals surface area contributed by atoms with E-state index >= 15 is 0 Å². The first kappa shape index (κ1) is 16.5. The second kappa shape index (κ2) is 7.97. The van der Waals surface area contributed by atoms with Crippen molar-refractivity contribution in [3.63, 3.8) is 0 Å². The number of hydrogen-bond acceptors (Lipinski definition) is 4. The van der Waals surface area contributed by atoms with Crippen LogP contribution in [0.25, 0.3) is 0 Å². The van der Waals surface area contributed by atoms with Crippen molar-refractivity contribution in [2.45, 2.75) is 26.3 Å². The van der Waals surface area contributed by atoms with Gasteiger partial charge in [0.25, 0.3) is 0 Å². The zero-order chi connectivity index (χ0) is 15.2. The molecule has 0 unspecified atom stereocenters. The number of aromatic nitrogens is 1. The summed E-state index contributed by atoms with van der Waals surface area (Å²) >= 11 is 6.40. The van der Waals surface area contributed by atoms with Crippen LogP contribution < -0.4 is 10.2 Å². The third-order valence-electron chi connectivity index (χ3n) is 4.19. The molecule has 0 radical (unpaired) electrons. The van der Waals surface area contributed by atoms with Gasteiger partial charge < -0.3 is 15.1 Å². The molecule has 0 saturated carbocycles. The maximum absolute atomic E-state index is 6.40. The Bertz CT molecular complexity index is 444. The van der Waals surface area contributed by atoms with E-state index in [1.165, 1.54) is 25.9 Å². The number of nitrogens with one attached hydrogen (secondary N) is 1. The quantitative estimate of drug-likeness (QED) is 0.875. The van der Waals surface area contributed by atoms with Gasteiger partial charge in [-0.3, -0.25) is 0 Å². The Labute approximate surface area is 133 Å². The lowest BCUT2D eigenvalue weighted by Gasteiger charge is -2.32. The standard InChI is InChI=1S/C16H27ClN4/c1-4-18-10-14-9-15(17)16(19-11-14)21(3)12-13-5-7-20(2)8-6-13/h9,11,13,18H,4-8,10,12H2,1-3H3. The molecule has 1 N–H and O–H groups in total. The van der Waals surface area contributed by atoms with Crippen LogP contribution in [0.15, 0.2) is 12.3 Å². The molecular weight excluding hydrogens is 284 g/mol. The summed E-state index contributed by atoms with van der Waals surface area (Å²) in [5.74, 6) is 1.64. The Morgan fingerprint density at radius 1 is 1.43 bits per heavy atom. The van der Waals surface area contributed by atoms with E-state index < -0.39 is 0 Å². The van der Waals surface area contributed by atoms with Gasteiger partial charge in [-0.2, -0.15) is 0 Å². The summed E-state index contributed by atoms with van der Waals surface area (Å²) in [7, 11) is 4.29. The van der Waals surface area contributed by atoms with Gasteiger partial charge in [0.15, 0.2) is 0 Å². The molecule has 5 heteroatoms. The van der Waals surface area contributed by atoms with Crippen molar-refractivity contribution < 1.29 is 0 Å². The summed E-state index contributed by atoms with van der Waals surface area (Å²) < 4.78 is 0. The van der Waals surface area contributed by atoms with Crippen LogP contribution >= 0.6 is 11.6 Å². The molecule has 0 amide bonds. The monoisotopic (exact) mass is 310 g/mol. The van der Waals surface area contributed by atoms with E-state index in [2.05, 4.69) is 41.1 Å². The molecule has 1 aliphatic rings. The molecular formula is C16H27ClN4. The minimum atomic E-state index is 0.741. The fraction of sp³-hybridized carbons (Fsp3) is 0.688. The molecule has 0 bridgehead atoms. The molecule has 0 aromatic carbocycles. The third-order valence-corrected chi connectivity index (χ3v) is 4.47. The minimum absolute atomic E-state index is 0.741. The van der Waals surface area contributed by atoms with Gasteiger partial charge in [0.05, 0.1) is 5.02 Å². The number of rotatable bonds is 6. The fourth-order valence-electron chi connectivity index (χ4n) is 2.84. The number of piperidine rings is 1. The summed E-state index contributed by atoms with van der Waals surface area (Å²) in [6.45, 7) is 7.30. The van der Waals surface area contributed by atoms with Crippen molar-refractivity contribution in [2.24, 2.45) is 5.92 Å². The van der Waals surface area contributed by atoms with Crippen molar-refractivity contribution in [2.75, 3.05) is 45.2 Å². The van der Waals surface area contributed by atoms with E-state index in [1.54, 1.807) is 0 Å². The molecule has 1 aromatic rings. The van der Waals surface area contributed by atoms with Gasteiger partial charge in [0.2, 0.25) is 0 Å². The molecule has 1 saturated heterocycles. The Morgan fingerprint density at radius 2 is 2.14 bits per heavy atom. The topological polar surface area (TPSA) is 31.4 Å². The average molecular weight is 311 g/mol. The molecule has 21 heavy (non-hydrogen) atoms. The van der Waals surface area contributed by atoms with Gasteiger partial charge in [-0.25, -0.2) is 4.98 Å². The van der Waals surface area contributed by atoms with E-state index in [0.717, 1.165) is 42.0 Å². The molecule has 0 atom stereocenters. The van der Waals surface area contributed by atoms with E-state index in [0.29, 0.717) is 0 Å². The van der Waals surface area contributed by atoms with Crippen LogP contribution in [-0.4, -0.2) is 50.2 Å². The molecule has 1 aliphatic heterocycles. The number of hydrogen-bond donors (Lipinski definition) is 1. The predicted molar refractivity (Wildman–Crippen MR) is 90.1 cm³/mol. The summed E-state index contributed by atoms with van der Waals surface area (Å²) in [5, 5.41) is 4.04. The Hall–Kier alpha value is -0.840. The fourth-order valence-corrected chi connectivity index (χ4v) is 3.17. The maximum atomic E-state index is 6.40. The van der Waals surface area contributed by atoms with Crippen LogP contribution in [-0.2, 0) is 6.54 Å². The highest BCUT2D eigenvalue weighted by atomic mass is 35.5.